The summed E-state index contributed by atoms with van der Waals surface area (Å²) in [5.74, 6) is 1.19. The standard InChI is InChI=1S/C11H16N8/c1-11(2)3-4-18(5-11)9-15-8(12)16-10(17-9)19-7-13-6-14-19/h6-7H,3-5H2,1-2H3,(H2,12,15,16,17). The average Bonchev–Trinajstić information content (AvgIpc) is 2.97. The van der Waals surface area contributed by atoms with E-state index in [1.165, 1.54) is 17.3 Å². The summed E-state index contributed by atoms with van der Waals surface area (Å²) in [6.07, 6.45) is 4.07. The first-order valence-electron chi connectivity index (χ1n) is 6.15. The van der Waals surface area contributed by atoms with Gasteiger partial charge >= 0.3 is 0 Å². The van der Waals surface area contributed by atoms with Crippen molar-refractivity contribution in [2.24, 2.45) is 5.41 Å². The molecular formula is C11H16N8. The molecule has 0 bridgehead atoms. The third-order valence-corrected chi connectivity index (χ3v) is 3.21. The fourth-order valence-electron chi connectivity index (χ4n) is 2.21. The molecule has 0 aromatic carbocycles. The number of nitrogens with zero attached hydrogens (tertiary/aromatic N) is 7. The lowest BCUT2D eigenvalue weighted by Gasteiger charge is -2.19. The summed E-state index contributed by atoms with van der Waals surface area (Å²) in [6.45, 7) is 6.30. The van der Waals surface area contributed by atoms with Gasteiger partial charge in [-0.25, -0.2) is 4.98 Å². The van der Waals surface area contributed by atoms with Gasteiger partial charge in [0.15, 0.2) is 0 Å². The van der Waals surface area contributed by atoms with E-state index in [1.807, 2.05) is 0 Å². The normalized spacial score (nSPS) is 17.9. The fourth-order valence-corrected chi connectivity index (χ4v) is 2.21. The van der Waals surface area contributed by atoms with E-state index in [2.05, 4.69) is 43.8 Å². The zero-order chi connectivity index (χ0) is 13.5. The Labute approximate surface area is 110 Å². The first-order chi connectivity index (χ1) is 9.03. The van der Waals surface area contributed by atoms with Crippen molar-refractivity contribution in [3.63, 3.8) is 0 Å². The van der Waals surface area contributed by atoms with Crippen LogP contribution in [0.5, 0.6) is 0 Å². The van der Waals surface area contributed by atoms with Gasteiger partial charge in [0.1, 0.15) is 12.7 Å². The lowest BCUT2D eigenvalue weighted by atomic mass is 9.93. The number of nitrogens with two attached hydrogens (primary N) is 1. The molecule has 2 aromatic heterocycles. The highest BCUT2D eigenvalue weighted by molar-refractivity contribution is 5.39. The van der Waals surface area contributed by atoms with E-state index >= 15 is 0 Å². The average molecular weight is 260 g/mol. The topological polar surface area (TPSA) is 98.6 Å². The van der Waals surface area contributed by atoms with Gasteiger partial charge in [-0.2, -0.15) is 24.7 Å². The van der Waals surface area contributed by atoms with Crippen LogP contribution in [0, 0.1) is 5.41 Å². The van der Waals surface area contributed by atoms with E-state index < -0.39 is 0 Å². The molecule has 2 aromatic rings. The maximum absolute atomic E-state index is 5.75. The number of nitrogen functional groups attached to an aromatic ring is 1. The Morgan fingerprint density at radius 2 is 2.00 bits per heavy atom. The van der Waals surface area contributed by atoms with E-state index in [4.69, 9.17) is 5.73 Å². The molecule has 1 aliphatic rings. The number of anilines is 2. The van der Waals surface area contributed by atoms with Crippen LogP contribution in [-0.2, 0) is 0 Å². The third-order valence-electron chi connectivity index (χ3n) is 3.21. The molecule has 0 aliphatic carbocycles. The molecular weight excluding hydrogens is 244 g/mol. The highest BCUT2D eigenvalue weighted by Gasteiger charge is 2.31. The second-order valence-corrected chi connectivity index (χ2v) is 5.47. The molecule has 0 amide bonds. The van der Waals surface area contributed by atoms with E-state index in [9.17, 15) is 0 Å². The Balaban J connectivity index is 1.95. The lowest BCUT2D eigenvalue weighted by Crippen LogP contribution is -2.26. The van der Waals surface area contributed by atoms with E-state index in [-0.39, 0.29) is 11.4 Å². The zero-order valence-electron chi connectivity index (χ0n) is 11.0. The van der Waals surface area contributed by atoms with Crippen LogP contribution >= 0.6 is 0 Å². The van der Waals surface area contributed by atoms with Crippen LogP contribution in [0.25, 0.3) is 5.95 Å². The highest BCUT2D eigenvalue weighted by Crippen LogP contribution is 2.31. The summed E-state index contributed by atoms with van der Waals surface area (Å²) in [5, 5.41) is 4.00. The van der Waals surface area contributed by atoms with Gasteiger partial charge in [-0.3, -0.25) is 0 Å². The Kier molecular flexibility index (Phi) is 2.58. The molecule has 3 rings (SSSR count). The largest absolute Gasteiger partial charge is 0.368 e. The van der Waals surface area contributed by atoms with Crippen molar-refractivity contribution in [1.29, 1.82) is 0 Å². The Morgan fingerprint density at radius 1 is 1.21 bits per heavy atom. The van der Waals surface area contributed by atoms with Crippen molar-refractivity contribution >= 4 is 11.9 Å². The molecule has 0 spiro atoms. The molecule has 1 aliphatic heterocycles. The van der Waals surface area contributed by atoms with Crippen LogP contribution in [0.4, 0.5) is 11.9 Å². The van der Waals surface area contributed by atoms with Crippen molar-refractivity contribution in [2.45, 2.75) is 20.3 Å². The van der Waals surface area contributed by atoms with Crippen molar-refractivity contribution in [2.75, 3.05) is 23.7 Å². The van der Waals surface area contributed by atoms with Gasteiger partial charge in [0.05, 0.1) is 0 Å². The summed E-state index contributed by atoms with van der Waals surface area (Å²) in [5.41, 5.74) is 6.02. The number of aromatic nitrogens is 6. The minimum atomic E-state index is 0.195. The Morgan fingerprint density at radius 3 is 2.63 bits per heavy atom. The summed E-state index contributed by atoms with van der Waals surface area (Å²) in [6, 6.07) is 0. The predicted octanol–water partition coefficient (Wildman–Crippen LogP) is 0.271. The summed E-state index contributed by atoms with van der Waals surface area (Å²) < 4.78 is 1.47. The molecule has 1 saturated heterocycles. The second kappa shape index (κ2) is 4.15. The molecule has 0 unspecified atom stereocenters. The molecule has 19 heavy (non-hydrogen) atoms. The van der Waals surface area contributed by atoms with E-state index in [0.717, 1.165) is 19.5 Å². The summed E-state index contributed by atoms with van der Waals surface area (Å²) >= 11 is 0. The van der Waals surface area contributed by atoms with Crippen LogP contribution in [-0.4, -0.2) is 42.8 Å². The van der Waals surface area contributed by atoms with Gasteiger partial charge < -0.3 is 10.6 Å². The predicted molar refractivity (Wildman–Crippen MR) is 69.8 cm³/mol. The van der Waals surface area contributed by atoms with Crippen LogP contribution in [0.15, 0.2) is 12.7 Å². The first-order valence-corrected chi connectivity index (χ1v) is 6.15. The molecule has 100 valence electrons. The Hall–Kier alpha value is -2.25. The van der Waals surface area contributed by atoms with Crippen molar-refractivity contribution in [3.05, 3.63) is 12.7 Å². The quantitative estimate of drug-likeness (QED) is 0.827. The van der Waals surface area contributed by atoms with Crippen LogP contribution in [0.2, 0.25) is 0 Å². The van der Waals surface area contributed by atoms with Gasteiger partial charge in [-0.1, -0.05) is 13.8 Å². The van der Waals surface area contributed by atoms with E-state index in [1.54, 1.807) is 0 Å². The molecule has 8 nitrogen and oxygen atoms in total. The van der Waals surface area contributed by atoms with Crippen molar-refractivity contribution in [1.82, 2.24) is 29.7 Å². The Bertz CT molecular complexity index is 576. The van der Waals surface area contributed by atoms with Crippen molar-refractivity contribution in [3.8, 4) is 5.95 Å². The van der Waals surface area contributed by atoms with Gasteiger partial charge in [0, 0.05) is 13.1 Å². The van der Waals surface area contributed by atoms with Crippen LogP contribution in [0.1, 0.15) is 20.3 Å². The molecule has 0 saturated carbocycles. The first kappa shape index (κ1) is 11.8. The number of hydrogen-bond donors (Lipinski definition) is 1. The monoisotopic (exact) mass is 260 g/mol. The summed E-state index contributed by atoms with van der Waals surface area (Å²) in [4.78, 5) is 18.7. The van der Waals surface area contributed by atoms with E-state index in [0.29, 0.717) is 11.9 Å². The van der Waals surface area contributed by atoms with Crippen LogP contribution in [0.3, 0.4) is 0 Å². The number of hydrogen-bond acceptors (Lipinski definition) is 7. The smallest absolute Gasteiger partial charge is 0.258 e. The molecule has 0 radical (unpaired) electrons. The highest BCUT2D eigenvalue weighted by atomic mass is 15.4. The lowest BCUT2D eigenvalue weighted by molar-refractivity contribution is 0.418. The molecule has 3 heterocycles. The zero-order valence-corrected chi connectivity index (χ0v) is 11.0. The maximum atomic E-state index is 5.75. The molecule has 8 heteroatoms. The molecule has 0 atom stereocenters. The van der Waals surface area contributed by atoms with Crippen molar-refractivity contribution < 1.29 is 0 Å². The fraction of sp³-hybridized carbons (Fsp3) is 0.545. The minimum Gasteiger partial charge on any atom is -0.368 e. The minimum absolute atomic E-state index is 0.195. The van der Waals surface area contributed by atoms with Gasteiger partial charge in [-0.05, 0) is 11.8 Å². The second-order valence-electron chi connectivity index (χ2n) is 5.47. The number of rotatable bonds is 2. The van der Waals surface area contributed by atoms with Gasteiger partial charge in [-0.15, -0.1) is 0 Å². The third kappa shape index (κ3) is 2.33. The molecule has 1 fully saturated rings. The maximum Gasteiger partial charge on any atom is 0.258 e. The molecule has 2 N–H and O–H groups in total. The SMILES string of the molecule is CC1(C)CCN(c2nc(N)nc(-n3cncn3)n2)C1. The van der Waals surface area contributed by atoms with Gasteiger partial charge in [0.25, 0.3) is 5.95 Å². The van der Waals surface area contributed by atoms with Gasteiger partial charge in [0.2, 0.25) is 11.9 Å². The van der Waals surface area contributed by atoms with Crippen LogP contribution < -0.4 is 10.6 Å². The summed E-state index contributed by atoms with van der Waals surface area (Å²) in [7, 11) is 0.